The summed E-state index contributed by atoms with van der Waals surface area (Å²) in [6.45, 7) is 8.68. The van der Waals surface area contributed by atoms with E-state index in [1.807, 2.05) is 52.9 Å². The summed E-state index contributed by atoms with van der Waals surface area (Å²) >= 11 is 3.57. The maximum Gasteiger partial charge on any atom is 0.410 e. The zero-order valence-corrected chi connectivity index (χ0v) is 17.2. The Morgan fingerprint density at radius 2 is 1.84 bits per heavy atom. The number of rotatable bonds is 2. The zero-order valence-electron chi connectivity index (χ0n) is 15.6. The van der Waals surface area contributed by atoms with Gasteiger partial charge in [-0.3, -0.25) is 4.79 Å². The van der Waals surface area contributed by atoms with Crippen LogP contribution in [0.5, 0.6) is 0 Å². The van der Waals surface area contributed by atoms with E-state index >= 15 is 0 Å². The molecule has 0 radical (unpaired) electrons. The van der Waals surface area contributed by atoms with E-state index in [4.69, 9.17) is 4.74 Å². The van der Waals surface area contributed by atoms with Crippen LogP contribution < -0.4 is 4.90 Å². The molecule has 1 heterocycles. The largest absolute Gasteiger partial charge is 0.444 e. The SMILES string of the molecule is Cc1cccc(N(C)C(=O)C2CCN(C(=O)OC(C)(C)C)CC2)c1Br. The summed E-state index contributed by atoms with van der Waals surface area (Å²) in [5, 5.41) is 0. The van der Waals surface area contributed by atoms with Crippen molar-refractivity contribution in [2.75, 3.05) is 25.0 Å². The van der Waals surface area contributed by atoms with Gasteiger partial charge >= 0.3 is 6.09 Å². The number of piperidine rings is 1. The molecule has 6 heteroatoms. The fraction of sp³-hybridized carbons (Fsp3) is 0.579. The van der Waals surface area contributed by atoms with Gasteiger partial charge in [-0.15, -0.1) is 0 Å². The lowest BCUT2D eigenvalue weighted by atomic mass is 9.95. The van der Waals surface area contributed by atoms with Crippen molar-refractivity contribution < 1.29 is 14.3 Å². The Labute approximate surface area is 158 Å². The number of hydrogen-bond acceptors (Lipinski definition) is 3. The fourth-order valence-corrected chi connectivity index (χ4v) is 3.45. The van der Waals surface area contributed by atoms with Crippen LogP contribution >= 0.6 is 15.9 Å². The lowest BCUT2D eigenvalue weighted by molar-refractivity contribution is -0.123. The molecule has 0 atom stereocenters. The first-order valence-electron chi connectivity index (χ1n) is 8.61. The second-order valence-corrected chi connectivity index (χ2v) is 8.34. The van der Waals surface area contributed by atoms with Crippen LogP contribution in [-0.2, 0) is 9.53 Å². The monoisotopic (exact) mass is 410 g/mol. The third-order valence-corrected chi connectivity index (χ3v) is 5.39. The predicted octanol–water partition coefficient (Wildman–Crippen LogP) is 4.37. The minimum absolute atomic E-state index is 0.0731. The van der Waals surface area contributed by atoms with E-state index in [0.717, 1.165) is 15.7 Å². The molecule has 2 amide bonds. The smallest absolute Gasteiger partial charge is 0.410 e. The van der Waals surface area contributed by atoms with Gasteiger partial charge < -0.3 is 14.5 Å². The maximum absolute atomic E-state index is 12.8. The van der Waals surface area contributed by atoms with Gasteiger partial charge in [0.15, 0.2) is 0 Å². The van der Waals surface area contributed by atoms with Gasteiger partial charge in [0.1, 0.15) is 5.60 Å². The summed E-state index contributed by atoms with van der Waals surface area (Å²) in [6.07, 6.45) is 1.02. The molecule has 0 N–H and O–H groups in total. The number of halogens is 1. The molecule has 1 aromatic rings. The Morgan fingerprint density at radius 3 is 2.40 bits per heavy atom. The van der Waals surface area contributed by atoms with Gasteiger partial charge in [-0.1, -0.05) is 12.1 Å². The molecule has 1 aliphatic rings. The number of amides is 2. The van der Waals surface area contributed by atoms with Gasteiger partial charge in [-0.25, -0.2) is 4.79 Å². The number of carbonyl (C=O) groups is 2. The normalized spacial score (nSPS) is 15.8. The van der Waals surface area contributed by atoms with Crippen LogP contribution in [0, 0.1) is 12.8 Å². The van der Waals surface area contributed by atoms with Crippen molar-refractivity contribution in [2.45, 2.75) is 46.1 Å². The average molecular weight is 411 g/mol. The Balaban J connectivity index is 1.97. The van der Waals surface area contributed by atoms with Crippen molar-refractivity contribution in [1.82, 2.24) is 4.90 Å². The quantitative estimate of drug-likeness (QED) is 0.726. The van der Waals surface area contributed by atoms with Crippen molar-refractivity contribution in [2.24, 2.45) is 5.92 Å². The standard InChI is InChI=1S/C19H27BrN2O3/c1-13-7-6-8-15(16(13)20)21(5)17(23)14-9-11-22(12-10-14)18(24)25-19(2,3)4/h6-8,14H,9-12H2,1-5H3. The van der Waals surface area contributed by atoms with Crippen LogP contribution in [0.1, 0.15) is 39.2 Å². The first-order chi connectivity index (χ1) is 11.6. The van der Waals surface area contributed by atoms with Crippen molar-refractivity contribution in [1.29, 1.82) is 0 Å². The molecule has 2 rings (SSSR count). The maximum atomic E-state index is 12.8. The molecular formula is C19H27BrN2O3. The van der Waals surface area contributed by atoms with E-state index in [9.17, 15) is 9.59 Å². The van der Waals surface area contributed by atoms with Crippen molar-refractivity contribution >= 4 is 33.6 Å². The molecule has 0 unspecified atom stereocenters. The highest BCUT2D eigenvalue weighted by Crippen LogP contribution is 2.31. The van der Waals surface area contributed by atoms with Crippen molar-refractivity contribution in [3.8, 4) is 0 Å². The molecule has 5 nitrogen and oxygen atoms in total. The van der Waals surface area contributed by atoms with Crippen LogP contribution in [0.25, 0.3) is 0 Å². The first kappa shape index (κ1) is 19.8. The number of carbonyl (C=O) groups excluding carboxylic acids is 2. The van der Waals surface area contributed by atoms with E-state index in [1.165, 1.54) is 0 Å². The lowest BCUT2D eigenvalue weighted by Crippen LogP contribution is -2.45. The Bertz CT molecular complexity index is 647. The molecule has 1 fully saturated rings. The Hall–Kier alpha value is -1.56. The summed E-state index contributed by atoms with van der Waals surface area (Å²) < 4.78 is 6.35. The number of aryl methyl sites for hydroxylation is 1. The third kappa shape index (κ3) is 4.97. The molecular weight excluding hydrogens is 384 g/mol. The highest BCUT2D eigenvalue weighted by atomic mass is 79.9. The summed E-state index contributed by atoms with van der Waals surface area (Å²) in [5.41, 5.74) is 1.47. The first-order valence-corrected chi connectivity index (χ1v) is 9.40. The summed E-state index contributed by atoms with van der Waals surface area (Å²) in [6, 6.07) is 5.89. The van der Waals surface area contributed by atoms with Crippen LogP contribution in [-0.4, -0.2) is 42.6 Å². The zero-order chi connectivity index (χ0) is 18.8. The molecule has 0 saturated carbocycles. The Kier molecular flexibility index (Phi) is 6.14. The number of nitrogens with zero attached hydrogens (tertiary/aromatic N) is 2. The summed E-state index contributed by atoms with van der Waals surface area (Å²) in [5.74, 6) is 0.0197. The van der Waals surface area contributed by atoms with Gasteiger partial charge in [0.2, 0.25) is 5.91 Å². The van der Waals surface area contributed by atoms with Crippen molar-refractivity contribution in [3.05, 3.63) is 28.2 Å². The van der Waals surface area contributed by atoms with Gasteiger partial charge in [-0.2, -0.15) is 0 Å². The molecule has 0 aliphatic carbocycles. The minimum Gasteiger partial charge on any atom is -0.444 e. The van der Waals surface area contributed by atoms with E-state index in [2.05, 4.69) is 15.9 Å². The topological polar surface area (TPSA) is 49.9 Å². The fourth-order valence-electron chi connectivity index (χ4n) is 2.92. The second-order valence-electron chi connectivity index (χ2n) is 7.55. The number of ether oxygens (including phenoxy) is 1. The van der Waals surface area contributed by atoms with Crippen LogP contribution in [0.3, 0.4) is 0 Å². The summed E-state index contributed by atoms with van der Waals surface area (Å²) in [7, 11) is 1.81. The van der Waals surface area contributed by atoms with Crippen LogP contribution in [0.4, 0.5) is 10.5 Å². The number of anilines is 1. The molecule has 138 valence electrons. The van der Waals surface area contributed by atoms with E-state index < -0.39 is 5.60 Å². The third-order valence-electron chi connectivity index (χ3n) is 4.36. The van der Waals surface area contributed by atoms with E-state index in [-0.39, 0.29) is 17.9 Å². The molecule has 25 heavy (non-hydrogen) atoms. The van der Waals surface area contributed by atoms with Crippen molar-refractivity contribution in [3.63, 3.8) is 0 Å². The van der Waals surface area contributed by atoms with E-state index in [1.54, 1.807) is 9.80 Å². The lowest BCUT2D eigenvalue weighted by Gasteiger charge is -2.34. The average Bonchev–Trinajstić information content (AvgIpc) is 2.54. The number of benzene rings is 1. The molecule has 1 aromatic carbocycles. The minimum atomic E-state index is -0.499. The molecule has 0 aromatic heterocycles. The molecule has 1 saturated heterocycles. The number of likely N-dealkylation sites (tertiary alicyclic amines) is 1. The highest BCUT2D eigenvalue weighted by molar-refractivity contribution is 9.10. The Morgan fingerprint density at radius 1 is 1.24 bits per heavy atom. The van der Waals surface area contributed by atoms with Crippen LogP contribution in [0.15, 0.2) is 22.7 Å². The van der Waals surface area contributed by atoms with Gasteiger partial charge in [0, 0.05) is 30.5 Å². The van der Waals surface area contributed by atoms with Gasteiger partial charge in [0.25, 0.3) is 0 Å². The van der Waals surface area contributed by atoms with Gasteiger partial charge in [0.05, 0.1) is 5.69 Å². The molecule has 0 bridgehead atoms. The highest BCUT2D eigenvalue weighted by Gasteiger charge is 2.31. The molecule has 0 spiro atoms. The number of hydrogen-bond donors (Lipinski definition) is 0. The van der Waals surface area contributed by atoms with Gasteiger partial charge in [-0.05, 0) is 68.1 Å². The van der Waals surface area contributed by atoms with E-state index in [0.29, 0.717) is 25.9 Å². The second kappa shape index (κ2) is 7.77. The predicted molar refractivity (Wildman–Crippen MR) is 103 cm³/mol. The summed E-state index contributed by atoms with van der Waals surface area (Å²) in [4.78, 5) is 28.4. The molecule has 1 aliphatic heterocycles. The van der Waals surface area contributed by atoms with Crippen LogP contribution in [0.2, 0.25) is 0 Å².